The van der Waals surface area contributed by atoms with Crippen molar-refractivity contribution < 1.29 is 5.11 Å². The third kappa shape index (κ3) is 1.83. The molecule has 1 nitrogen and oxygen atoms in total. The van der Waals surface area contributed by atoms with Crippen LogP contribution in [-0.2, 0) is 0 Å². The van der Waals surface area contributed by atoms with Gasteiger partial charge in [-0.2, -0.15) is 0 Å². The number of aromatic hydroxyl groups is 1. The smallest absolute Gasteiger partial charge is 0.123 e. The van der Waals surface area contributed by atoms with Crippen LogP contribution in [0.3, 0.4) is 0 Å². The highest BCUT2D eigenvalue weighted by atomic mass is 16.3. The molecule has 1 N–H and O–H groups in total. The average Bonchev–Trinajstić information content (AvgIpc) is 2.61. The van der Waals surface area contributed by atoms with Crippen molar-refractivity contribution in [3.8, 4) is 5.75 Å². The van der Waals surface area contributed by atoms with E-state index in [-0.39, 0.29) is 5.92 Å². The Balaban J connectivity index is 2.80. The van der Waals surface area contributed by atoms with Crippen LogP contribution in [0.15, 0.2) is 22.3 Å². The van der Waals surface area contributed by atoms with E-state index in [0.717, 1.165) is 11.1 Å². The van der Waals surface area contributed by atoms with Crippen molar-refractivity contribution in [2.75, 3.05) is 0 Å². The summed E-state index contributed by atoms with van der Waals surface area (Å²) in [4.78, 5) is 0. The number of hydrogen-bond donors (Lipinski definition) is 1. The summed E-state index contributed by atoms with van der Waals surface area (Å²) >= 11 is 0. The van der Waals surface area contributed by atoms with Crippen LogP contribution < -0.4 is 0 Å². The molecule has 0 radical (unpaired) electrons. The van der Waals surface area contributed by atoms with Gasteiger partial charge in [-0.05, 0) is 88.8 Å². The van der Waals surface area contributed by atoms with E-state index in [1.165, 1.54) is 39.0 Å². The molecule has 0 amide bonds. The van der Waals surface area contributed by atoms with Crippen LogP contribution in [0.25, 0.3) is 0 Å². The van der Waals surface area contributed by atoms with Crippen LogP contribution in [0.1, 0.15) is 61.4 Å². The SMILES string of the molecule is CC1=C(C)C(c2c(C)c(C)c(C)c(C)c2O)C(C)=C1C. The monoisotopic (exact) mass is 270 g/mol. The van der Waals surface area contributed by atoms with E-state index in [4.69, 9.17) is 0 Å². The molecule has 0 aliphatic heterocycles. The Morgan fingerprint density at radius 2 is 1.00 bits per heavy atom. The molecule has 0 saturated carbocycles. The summed E-state index contributed by atoms with van der Waals surface area (Å²) in [6.07, 6.45) is 0. The highest BCUT2D eigenvalue weighted by Gasteiger charge is 2.30. The zero-order valence-corrected chi connectivity index (χ0v) is 14.0. The lowest BCUT2D eigenvalue weighted by Crippen LogP contribution is -2.06. The Morgan fingerprint density at radius 1 is 0.600 bits per heavy atom. The molecule has 0 saturated heterocycles. The van der Waals surface area contributed by atoms with Crippen LogP contribution >= 0.6 is 0 Å². The van der Waals surface area contributed by atoms with E-state index in [1.807, 2.05) is 6.92 Å². The zero-order chi connectivity index (χ0) is 15.4. The van der Waals surface area contributed by atoms with Gasteiger partial charge in [0.15, 0.2) is 0 Å². The molecule has 0 bridgehead atoms. The Morgan fingerprint density at radius 3 is 1.45 bits per heavy atom. The fraction of sp³-hybridized carbons (Fsp3) is 0.474. The number of rotatable bonds is 1. The summed E-state index contributed by atoms with van der Waals surface area (Å²) in [5, 5.41) is 10.7. The van der Waals surface area contributed by atoms with Crippen molar-refractivity contribution in [2.24, 2.45) is 0 Å². The Kier molecular flexibility index (Phi) is 3.58. The van der Waals surface area contributed by atoms with Gasteiger partial charge in [-0.1, -0.05) is 11.1 Å². The van der Waals surface area contributed by atoms with Gasteiger partial charge in [-0.3, -0.25) is 0 Å². The fourth-order valence-corrected chi connectivity index (χ4v) is 3.46. The normalized spacial score (nSPS) is 16.6. The quantitative estimate of drug-likeness (QED) is 0.724. The van der Waals surface area contributed by atoms with Crippen molar-refractivity contribution in [3.05, 3.63) is 50.1 Å². The van der Waals surface area contributed by atoms with Gasteiger partial charge >= 0.3 is 0 Å². The molecular formula is C19H26O. The first-order valence-electron chi connectivity index (χ1n) is 7.34. The minimum atomic E-state index is 0.244. The van der Waals surface area contributed by atoms with Crippen molar-refractivity contribution in [2.45, 2.75) is 61.3 Å². The van der Waals surface area contributed by atoms with Crippen molar-refractivity contribution >= 4 is 0 Å². The Labute approximate surface area is 123 Å². The number of benzene rings is 1. The largest absolute Gasteiger partial charge is 0.507 e. The van der Waals surface area contributed by atoms with Gasteiger partial charge in [-0.25, -0.2) is 0 Å². The van der Waals surface area contributed by atoms with Crippen molar-refractivity contribution in [1.29, 1.82) is 0 Å². The Hall–Kier alpha value is -1.50. The first-order valence-corrected chi connectivity index (χ1v) is 7.34. The molecular weight excluding hydrogens is 244 g/mol. The molecule has 0 fully saturated rings. The summed E-state index contributed by atoms with van der Waals surface area (Å²) in [5.74, 6) is 0.727. The van der Waals surface area contributed by atoms with Gasteiger partial charge in [-0.15, -0.1) is 0 Å². The van der Waals surface area contributed by atoms with E-state index in [2.05, 4.69) is 48.5 Å². The number of allylic oxidation sites excluding steroid dienone is 4. The zero-order valence-electron chi connectivity index (χ0n) is 14.0. The first kappa shape index (κ1) is 14.9. The average molecular weight is 270 g/mol. The number of phenols is 1. The van der Waals surface area contributed by atoms with Crippen molar-refractivity contribution in [1.82, 2.24) is 0 Å². The number of phenolic OH excluding ortho intramolecular Hbond substituents is 1. The van der Waals surface area contributed by atoms with Gasteiger partial charge < -0.3 is 5.11 Å². The van der Waals surface area contributed by atoms with Crippen LogP contribution in [0, 0.1) is 27.7 Å². The molecule has 0 unspecified atom stereocenters. The summed E-state index contributed by atoms with van der Waals surface area (Å²) in [6, 6.07) is 0. The molecule has 1 aliphatic rings. The maximum atomic E-state index is 10.7. The molecule has 1 aliphatic carbocycles. The van der Waals surface area contributed by atoms with Crippen LogP contribution in [-0.4, -0.2) is 5.11 Å². The highest BCUT2D eigenvalue weighted by molar-refractivity contribution is 5.62. The van der Waals surface area contributed by atoms with Gasteiger partial charge in [0.2, 0.25) is 0 Å². The minimum Gasteiger partial charge on any atom is -0.507 e. The molecule has 20 heavy (non-hydrogen) atoms. The molecule has 0 heterocycles. The van der Waals surface area contributed by atoms with Crippen LogP contribution in [0.4, 0.5) is 0 Å². The molecule has 0 aromatic heterocycles. The first-order chi connectivity index (χ1) is 9.20. The lowest BCUT2D eigenvalue weighted by Gasteiger charge is -2.24. The fourth-order valence-electron chi connectivity index (χ4n) is 3.46. The van der Waals surface area contributed by atoms with Gasteiger partial charge in [0.1, 0.15) is 5.75 Å². The highest BCUT2D eigenvalue weighted by Crippen LogP contribution is 2.48. The second kappa shape index (κ2) is 4.80. The summed E-state index contributed by atoms with van der Waals surface area (Å²) in [7, 11) is 0. The Bertz CT molecular complexity index is 604. The topological polar surface area (TPSA) is 20.2 Å². The molecule has 1 aromatic carbocycles. The third-order valence-electron chi connectivity index (χ3n) is 5.60. The molecule has 0 atom stereocenters. The maximum Gasteiger partial charge on any atom is 0.123 e. The summed E-state index contributed by atoms with van der Waals surface area (Å²) < 4.78 is 0. The van der Waals surface area contributed by atoms with Gasteiger partial charge in [0.25, 0.3) is 0 Å². The maximum absolute atomic E-state index is 10.7. The van der Waals surface area contributed by atoms with Crippen molar-refractivity contribution in [3.63, 3.8) is 0 Å². The second-order valence-electron chi connectivity index (χ2n) is 6.31. The lowest BCUT2D eigenvalue weighted by atomic mass is 9.81. The predicted octanol–water partition coefficient (Wildman–Crippen LogP) is 5.40. The van der Waals surface area contributed by atoms with E-state index >= 15 is 0 Å². The second-order valence-corrected chi connectivity index (χ2v) is 6.31. The minimum absolute atomic E-state index is 0.244. The molecule has 1 aromatic rings. The van der Waals surface area contributed by atoms with Crippen LogP contribution in [0.5, 0.6) is 5.75 Å². The van der Waals surface area contributed by atoms with E-state index in [1.54, 1.807) is 0 Å². The lowest BCUT2D eigenvalue weighted by molar-refractivity contribution is 0.461. The van der Waals surface area contributed by atoms with E-state index in [9.17, 15) is 5.11 Å². The predicted molar refractivity (Wildman–Crippen MR) is 86.5 cm³/mol. The standard InChI is InChI=1S/C19H26O/c1-9-10(2)14(6)17(13(9)5)18-15(7)11(3)12(4)16(8)19(18)20/h17,20H,1-8H3. The van der Waals surface area contributed by atoms with E-state index < -0.39 is 0 Å². The molecule has 0 spiro atoms. The molecule has 108 valence electrons. The van der Waals surface area contributed by atoms with Crippen LogP contribution in [0.2, 0.25) is 0 Å². The third-order valence-corrected chi connectivity index (χ3v) is 5.60. The number of hydrogen-bond acceptors (Lipinski definition) is 1. The van der Waals surface area contributed by atoms with Gasteiger partial charge in [0.05, 0.1) is 0 Å². The molecule has 1 heteroatoms. The molecule has 2 rings (SSSR count). The van der Waals surface area contributed by atoms with E-state index in [0.29, 0.717) is 5.75 Å². The van der Waals surface area contributed by atoms with Gasteiger partial charge in [0, 0.05) is 11.5 Å². The summed E-state index contributed by atoms with van der Waals surface area (Å²) in [6.45, 7) is 17.2. The summed E-state index contributed by atoms with van der Waals surface area (Å²) in [5.41, 5.74) is 11.4.